The molecule has 2 N–H and O–H groups in total. The van der Waals surface area contributed by atoms with Crippen molar-refractivity contribution in [2.75, 3.05) is 5.75 Å². The standard InChI is InChI=1S/C19H20BrN5O4S/c1-11-6-8-19(9-7-11)16(27)25(17(28)21-19)24-14(26)10-30-18-23-22-15(29-18)12-4-2-3-5-13(12)20/h2-5,11H,6-10H2,1H3,(H,21,28)(H,24,26). The minimum Gasteiger partial charge on any atom is -0.411 e. The number of amides is 4. The molecule has 1 aliphatic carbocycles. The molecule has 2 aromatic rings. The molecule has 1 spiro atoms. The normalized spacial score (nSPS) is 23.7. The molecular formula is C19H20BrN5O4S. The van der Waals surface area contributed by atoms with Crippen LogP contribution < -0.4 is 10.7 Å². The van der Waals surface area contributed by atoms with Gasteiger partial charge in [0, 0.05) is 4.47 Å². The molecule has 9 nitrogen and oxygen atoms in total. The van der Waals surface area contributed by atoms with Crippen molar-refractivity contribution in [1.82, 2.24) is 25.9 Å². The number of hydrazine groups is 1. The lowest BCUT2D eigenvalue weighted by Gasteiger charge is -2.33. The number of benzene rings is 1. The summed E-state index contributed by atoms with van der Waals surface area (Å²) >= 11 is 4.45. The number of nitrogens with one attached hydrogen (secondary N) is 2. The molecule has 1 aliphatic heterocycles. The van der Waals surface area contributed by atoms with E-state index < -0.39 is 23.4 Å². The van der Waals surface area contributed by atoms with E-state index in [0.29, 0.717) is 24.7 Å². The Morgan fingerprint density at radius 2 is 2.07 bits per heavy atom. The van der Waals surface area contributed by atoms with Crippen molar-refractivity contribution in [2.24, 2.45) is 5.92 Å². The molecule has 30 heavy (non-hydrogen) atoms. The number of halogens is 1. The Labute approximate surface area is 185 Å². The number of carbonyl (C=O) groups excluding carboxylic acids is 3. The van der Waals surface area contributed by atoms with Crippen LogP contribution in [0.25, 0.3) is 11.5 Å². The number of hydrogen-bond donors (Lipinski definition) is 2. The number of nitrogens with zero attached hydrogens (tertiary/aromatic N) is 3. The molecular weight excluding hydrogens is 474 g/mol. The summed E-state index contributed by atoms with van der Waals surface area (Å²) < 4.78 is 6.40. The van der Waals surface area contributed by atoms with Gasteiger partial charge in [0.15, 0.2) is 0 Å². The van der Waals surface area contributed by atoms with Gasteiger partial charge in [-0.25, -0.2) is 4.79 Å². The molecule has 0 unspecified atom stereocenters. The van der Waals surface area contributed by atoms with Crippen molar-refractivity contribution >= 4 is 45.5 Å². The van der Waals surface area contributed by atoms with E-state index in [1.165, 1.54) is 0 Å². The van der Waals surface area contributed by atoms with Gasteiger partial charge in [0.1, 0.15) is 5.54 Å². The number of aromatic nitrogens is 2. The third-order valence-electron chi connectivity index (χ3n) is 5.36. The average molecular weight is 494 g/mol. The molecule has 1 saturated heterocycles. The van der Waals surface area contributed by atoms with E-state index in [2.05, 4.69) is 43.8 Å². The fraction of sp³-hybridized carbons (Fsp3) is 0.421. The highest BCUT2D eigenvalue weighted by molar-refractivity contribution is 9.10. The summed E-state index contributed by atoms with van der Waals surface area (Å²) in [7, 11) is 0. The first-order valence-corrected chi connectivity index (χ1v) is 11.3. The van der Waals surface area contributed by atoms with Gasteiger partial charge in [0.05, 0.1) is 11.3 Å². The third-order valence-corrected chi connectivity index (χ3v) is 6.87. The highest BCUT2D eigenvalue weighted by atomic mass is 79.9. The zero-order valence-corrected chi connectivity index (χ0v) is 18.6. The highest BCUT2D eigenvalue weighted by Crippen LogP contribution is 2.36. The number of hydrogen-bond acceptors (Lipinski definition) is 7. The molecule has 2 heterocycles. The molecule has 11 heteroatoms. The molecule has 1 aromatic heterocycles. The van der Waals surface area contributed by atoms with Crippen LogP contribution in [0.4, 0.5) is 4.79 Å². The van der Waals surface area contributed by atoms with Gasteiger partial charge in [-0.3, -0.25) is 15.0 Å². The lowest BCUT2D eigenvalue weighted by Crippen LogP contribution is -2.51. The lowest BCUT2D eigenvalue weighted by molar-refractivity contribution is -0.139. The number of rotatable bonds is 5. The molecule has 4 rings (SSSR count). The van der Waals surface area contributed by atoms with Crippen molar-refractivity contribution in [3.05, 3.63) is 28.7 Å². The minimum absolute atomic E-state index is 0.0846. The lowest BCUT2D eigenvalue weighted by atomic mass is 9.77. The van der Waals surface area contributed by atoms with E-state index in [9.17, 15) is 14.4 Å². The van der Waals surface area contributed by atoms with Crippen LogP contribution in [-0.4, -0.2) is 44.3 Å². The number of urea groups is 1. The van der Waals surface area contributed by atoms with Crippen LogP contribution in [0.3, 0.4) is 0 Å². The Balaban J connectivity index is 1.34. The van der Waals surface area contributed by atoms with Gasteiger partial charge in [0.25, 0.3) is 11.1 Å². The van der Waals surface area contributed by atoms with Crippen LogP contribution >= 0.6 is 27.7 Å². The maximum absolute atomic E-state index is 12.8. The van der Waals surface area contributed by atoms with Crippen molar-refractivity contribution in [2.45, 2.75) is 43.4 Å². The Bertz CT molecular complexity index is 989. The SMILES string of the molecule is CC1CCC2(CC1)NC(=O)N(NC(=O)CSc1nnc(-c3ccccc3Br)o1)C2=O. The Morgan fingerprint density at radius 3 is 2.80 bits per heavy atom. The predicted octanol–water partition coefficient (Wildman–Crippen LogP) is 3.12. The first-order valence-electron chi connectivity index (χ1n) is 9.55. The van der Waals surface area contributed by atoms with Gasteiger partial charge in [-0.15, -0.1) is 10.2 Å². The van der Waals surface area contributed by atoms with E-state index in [4.69, 9.17) is 4.42 Å². The zero-order chi connectivity index (χ0) is 21.3. The van der Waals surface area contributed by atoms with Gasteiger partial charge in [0.2, 0.25) is 11.8 Å². The van der Waals surface area contributed by atoms with Crippen molar-refractivity contribution in [3.8, 4) is 11.5 Å². The molecule has 0 radical (unpaired) electrons. The summed E-state index contributed by atoms with van der Waals surface area (Å²) in [4.78, 5) is 37.4. The van der Waals surface area contributed by atoms with Crippen molar-refractivity contribution in [3.63, 3.8) is 0 Å². The molecule has 1 aromatic carbocycles. The van der Waals surface area contributed by atoms with Crippen LogP contribution in [0.15, 0.2) is 38.4 Å². The fourth-order valence-corrected chi connectivity index (χ4v) is 4.62. The minimum atomic E-state index is -0.894. The Kier molecular flexibility index (Phi) is 5.83. The number of thioether (sulfide) groups is 1. The predicted molar refractivity (Wildman–Crippen MR) is 112 cm³/mol. The van der Waals surface area contributed by atoms with Gasteiger partial charge in [-0.05, 0) is 59.7 Å². The molecule has 4 amide bonds. The largest absolute Gasteiger partial charge is 0.411 e. The highest BCUT2D eigenvalue weighted by Gasteiger charge is 2.52. The van der Waals surface area contributed by atoms with E-state index in [0.717, 1.165) is 39.6 Å². The molecule has 2 fully saturated rings. The molecule has 0 bridgehead atoms. The van der Waals surface area contributed by atoms with Gasteiger partial charge >= 0.3 is 6.03 Å². The van der Waals surface area contributed by atoms with Crippen LogP contribution in [0.2, 0.25) is 0 Å². The first-order chi connectivity index (χ1) is 14.4. The second-order valence-electron chi connectivity index (χ2n) is 7.51. The van der Waals surface area contributed by atoms with Gasteiger partial charge in [-0.1, -0.05) is 30.8 Å². The summed E-state index contributed by atoms with van der Waals surface area (Å²) in [6.45, 7) is 2.13. The maximum atomic E-state index is 12.8. The van der Waals surface area contributed by atoms with Crippen LogP contribution in [0.5, 0.6) is 0 Å². The second kappa shape index (κ2) is 8.38. The Morgan fingerprint density at radius 1 is 1.33 bits per heavy atom. The summed E-state index contributed by atoms with van der Waals surface area (Å²) in [5.74, 6) is -0.139. The summed E-state index contributed by atoms with van der Waals surface area (Å²) in [5.41, 5.74) is 2.24. The summed E-state index contributed by atoms with van der Waals surface area (Å²) in [6, 6.07) is 6.82. The third kappa shape index (κ3) is 4.08. The van der Waals surface area contributed by atoms with E-state index >= 15 is 0 Å². The molecule has 1 saturated carbocycles. The zero-order valence-electron chi connectivity index (χ0n) is 16.2. The van der Waals surface area contributed by atoms with Crippen LogP contribution in [0.1, 0.15) is 32.6 Å². The molecule has 2 aliphatic rings. The summed E-state index contributed by atoms with van der Waals surface area (Å²) in [5, 5.41) is 11.7. The van der Waals surface area contributed by atoms with Crippen molar-refractivity contribution in [1.29, 1.82) is 0 Å². The second-order valence-corrected chi connectivity index (χ2v) is 9.29. The summed E-state index contributed by atoms with van der Waals surface area (Å²) in [6.07, 6.45) is 2.89. The average Bonchev–Trinajstić information content (AvgIpc) is 3.28. The van der Waals surface area contributed by atoms with Gasteiger partial charge < -0.3 is 9.73 Å². The maximum Gasteiger partial charge on any atom is 0.344 e. The van der Waals surface area contributed by atoms with Gasteiger partial charge in [-0.2, -0.15) is 5.01 Å². The monoisotopic (exact) mass is 493 g/mol. The molecule has 0 atom stereocenters. The van der Waals surface area contributed by atoms with E-state index in [1.54, 1.807) is 0 Å². The van der Waals surface area contributed by atoms with Crippen molar-refractivity contribution < 1.29 is 18.8 Å². The van der Waals surface area contributed by atoms with E-state index in [-0.39, 0.29) is 11.0 Å². The van der Waals surface area contributed by atoms with Crippen LogP contribution in [0, 0.1) is 5.92 Å². The fourth-order valence-electron chi connectivity index (χ4n) is 3.61. The number of imide groups is 1. The topological polar surface area (TPSA) is 117 Å². The quantitative estimate of drug-likeness (QED) is 0.485. The van der Waals surface area contributed by atoms with E-state index in [1.807, 2.05) is 24.3 Å². The van der Waals surface area contributed by atoms with Crippen LogP contribution in [-0.2, 0) is 9.59 Å². The first kappa shape index (κ1) is 20.9. The molecule has 158 valence electrons. The Hall–Kier alpha value is -2.40. The number of carbonyl (C=O) groups is 3. The smallest absolute Gasteiger partial charge is 0.344 e.